The Morgan fingerprint density at radius 2 is 2.38 bits per heavy atom. The van der Waals surface area contributed by atoms with Gasteiger partial charge in [0.1, 0.15) is 0 Å². The molecule has 0 spiro atoms. The summed E-state index contributed by atoms with van der Waals surface area (Å²) in [6, 6.07) is 1.94. The van der Waals surface area contributed by atoms with Gasteiger partial charge in [0, 0.05) is 24.6 Å². The van der Waals surface area contributed by atoms with Crippen LogP contribution in [0.1, 0.15) is 29.7 Å². The molecule has 2 aliphatic heterocycles. The van der Waals surface area contributed by atoms with E-state index in [2.05, 4.69) is 4.72 Å². The molecule has 1 atom stereocenters. The van der Waals surface area contributed by atoms with Gasteiger partial charge in [0.15, 0.2) is 0 Å². The third-order valence-corrected chi connectivity index (χ3v) is 6.29. The smallest absolute Gasteiger partial charge is 0.304 e. The molecule has 1 amide bonds. The normalized spacial score (nSPS) is 23.0. The van der Waals surface area contributed by atoms with Crippen molar-refractivity contribution in [3.05, 3.63) is 21.9 Å². The Bertz CT molecular complexity index is 620. The Morgan fingerprint density at radius 1 is 1.52 bits per heavy atom. The lowest BCUT2D eigenvalue weighted by molar-refractivity contribution is -0.121. The highest BCUT2D eigenvalue weighted by Gasteiger charge is 2.29. The number of nitrogens with one attached hydrogen (secondary N) is 1. The van der Waals surface area contributed by atoms with Gasteiger partial charge in [0.05, 0.1) is 12.5 Å². The number of ether oxygens (including phenoxy) is 1. The average Bonchev–Trinajstić information content (AvgIpc) is 3.07. The SMILES string of the molecule is O=C(C[C@@H]1CCCO1)NS(=O)(=O)N1CCc2sccc2C1. The fourth-order valence-corrected chi connectivity index (χ4v) is 4.72. The van der Waals surface area contributed by atoms with Gasteiger partial charge in [-0.1, -0.05) is 0 Å². The number of hydrogen-bond donors (Lipinski definition) is 1. The standard InChI is InChI=1S/C13H18N2O4S2/c16-13(8-11-2-1-6-19-11)14-21(17,18)15-5-3-12-10(9-15)4-7-20-12/h4,7,11H,1-3,5-6,8-9H2,(H,14,16)/t11-/m0/s1. The molecule has 0 aromatic carbocycles. The maximum atomic E-state index is 12.3. The summed E-state index contributed by atoms with van der Waals surface area (Å²) in [7, 11) is -3.76. The maximum absolute atomic E-state index is 12.3. The molecule has 2 aliphatic rings. The van der Waals surface area contributed by atoms with Crippen molar-refractivity contribution in [2.75, 3.05) is 13.2 Å². The highest BCUT2D eigenvalue weighted by molar-refractivity contribution is 7.87. The van der Waals surface area contributed by atoms with E-state index in [-0.39, 0.29) is 12.5 Å². The zero-order valence-electron chi connectivity index (χ0n) is 11.6. The molecule has 0 unspecified atom stereocenters. The lowest BCUT2D eigenvalue weighted by Gasteiger charge is -2.26. The van der Waals surface area contributed by atoms with Crippen molar-refractivity contribution in [2.24, 2.45) is 0 Å². The van der Waals surface area contributed by atoms with Crippen LogP contribution >= 0.6 is 11.3 Å². The van der Waals surface area contributed by atoms with Crippen LogP contribution in [-0.2, 0) is 32.7 Å². The van der Waals surface area contributed by atoms with E-state index in [4.69, 9.17) is 4.74 Å². The first kappa shape index (κ1) is 15.0. The maximum Gasteiger partial charge on any atom is 0.304 e. The number of thiophene rings is 1. The van der Waals surface area contributed by atoms with Gasteiger partial charge in [-0.15, -0.1) is 11.3 Å². The highest BCUT2D eigenvalue weighted by atomic mass is 32.2. The monoisotopic (exact) mass is 330 g/mol. The van der Waals surface area contributed by atoms with Crippen LogP contribution in [0.4, 0.5) is 0 Å². The fourth-order valence-electron chi connectivity index (χ4n) is 2.69. The summed E-state index contributed by atoms with van der Waals surface area (Å²) < 4.78 is 33.4. The fraction of sp³-hybridized carbons (Fsp3) is 0.615. The first-order valence-corrected chi connectivity index (χ1v) is 9.34. The minimum atomic E-state index is -3.76. The van der Waals surface area contributed by atoms with Crippen LogP contribution in [0.3, 0.4) is 0 Å². The van der Waals surface area contributed by atoms with Crippen molar-refractivity contribution >= 4 is 27.5 Å². The van der Waals surface area contributed by atoms with Crippen molar-refractivity contribution in [3.8, 4) is 0 Å². The molecule has 0 aliphatic carbocycles. The molecule has 6 nitrogen and oxygen atoms in total. The molecular formula is C13H18N2O4S2. The second-order valence-electron chi connectivity index (χ2n) is 5.32. The van der Waals surface area contributed by atoms with Crippen LogP contribution in [0, 0.1) is 0 Å². The zero-order chi connectivity index (χ0) is 14.9. The number of carbonyl (C=O) groups is 1. The molecule has 1 aromatic rings. The van der Waals surface area contributed by atoms with Gasteiger partial charge in [-0.25, -0.2) is 4.72 Å². The molecule has 0 saturated carbocycles. The van der Waals surface area contributed by atoms with Crippen LogP contribution in [0.15, 0.2) is 11.4 Å². The van der Waals surface area contributed by atoms with Gasteiger partial charge in [-0.2, -0.15) is 12.7 Å². The van der Waals surface area contributed by atoms with Gasteiger partial charge in [-0.3, -0.25) is 4.79 Å². The van der Waals surface area contributed by atoms with Crippen LogP contribution in [-0.4, -0.2) is 37.9 Å². The number of amides is 1. The predicted octanol–water partition coefficient (Wildman–Crippen LogP) is 1.04. The minimum Gasteiger partial charge on any atom is -0.378 e. The van der Waals surface area contributed by atoms with Crippen LogP contribution < -0.4 is 4.72 Å². The summed E-state index contributed by atoms with van der Waals surface area (Å²) >= 11 is 1.65. The van der Waals surface area contributed by atoms with Crippen LogP contribution in [0.2, 0.25) is 0 Å². The van der Waals surface area contributed by atoms with E-state index in [0.717, 1.165) is 18.4 Å². The summed E-state index contributed by atoms with van der Waals surface area (Å²) in [6.07, 6.45) is 2.41. The Balaban J connectivity index is 1.60. The summed E-state index contributed by atoms with van der Waals surface area (Å²) in [5.41, 5.74) is 1.03. The molecule has 1 fully saturated rings. The van der Waals surface area contributed by atoms with E-state index in [9.17, 15) is 13.2 Å². The quantitative estimate of drug-likeness (QED) is 0.895. The van der Waals surface area contributed by atoms with Crippen LogP contribution in [0.5, 0.6) is 0 Å². The van der Waals surface area contributed by atoms with Crippen molar-refractivity contribution in [1.82, 2.24) is 9.03 Å². The number of nitrogens with zero attached hydrogens (tertiary/aromatic N) is 1. The van der Waals surface area contributed by atoms with Crippen molar-refractivity contribution in [3.63, 3.8) is 0 Å². The molecule has 1 aromatic heterocycles. The largest absolute Gasteiger partial charge is 0.378 e. The topological polar surface area (TPSA) is 75.7 Å². The lowest BCUT2D eigenvalue weighted by Crippen LogP contribution is -2.45. The molecule has 1 N–H and O–H groups in total. The van der Waals surface area contributed by atoms with Crippen molar-refractivity contribution in [2.45, 2.75) is 38.3 Å². The molecule has 0 radical (unpaired) electrons. The second kappa shape index (κ2) is 6.04. The average molecular weight is 330 g/mol. The van der Waals surface area contributed by atoms with Crippen molar-refractivity contribution in [1.29, 1.82) is 0 Å². The third-order valence-electron chi connectivity index (χ3n) is 3.79. The van der Waals surface area contributed by atoms with E-state index in [1.165, 1.54) is 9.18 Å². The summed E-state index contributed by atoms with van der Waals surface area (Å²) in [5.74, 6) is -0.488. The Hall–Kier alpha value is -0.960. The van der Waals surface area contributed by atoms with Gasteiger partial charge < -0.3 is 4.74 Å². The zero-order valence-corrected chi connectivity index (χ0v) is 13.2. The highest BCUT2D eigenvalue weighted by Crippen LogP contribution is 2.25. The Labute approximate surface area is 128 Å². The molecule has 8 heteroatoms. The molecule has 1 saturated heterocycles. The van der Waals surface area contributed by atoms with Gasteiger partial charge >= 0.3 is 10.2 Å². The van der Waals surface area contributed by atoms with E-state index in [0.29, 0.717) is 26.1 Å². The second-order valence-corrected chi connectivity index (χ2v) is 7.99. The predicted molar refractivity (Wildman–Crippen MR) is 79.1 cm³/mol. The molecule has 3 heterocycles. The van der Waals surface area contributed by atoms with E-state index >= 15 is 0 Å². The molecule has 0 bridgehead atoms. The Kier molecular flexibility index (Phi) is 4.30. The minimum absolute atomic E-state index is 0.108. The van der Waals surface area contributed by atoms with Gasteiger partial charge in [0.2, 0.25) is 5.91 Å². The van der Waals surface area contributed by atoms with E-state index < -0.39 is 16.1 Å². The summed E-state index contributed by atoms with van der Waals surface area (Å²) in [6.45, 7) is 1.40. The molecule has 116 valence electrons. The molecule has 3 rings (SSSR count). The first-order chi connectivity index (χ1) is 10.0. The number of carbonyl (C=O) groups excluding carboxylic acids is 1. The lowest BCUT2D eigenvalue weighted by atomic mass is 10.1. The van der Waals surface area contributed by atoms with Crippen LogP contribution in [0.25, 0.3) is 0 Å². The molecule has 21 heavy (non-hydrogen) atoms. The Morgan fingerprint density at radius 3 is 3.14 bits per heavy atom. The number of fused-ring (bicyclic) bond motifs is 1. The summed E-state index contributed by atoms with van der Waals surface area (Å²) in [5, 5.41) is 1.97. The van der Waals surface area contributed by atoms with E-state index in [1.807, 2.05) is 11.4 Å². The van der Waals surface area contributed by atoms with Crippen molar-refractivity contribution < 1.29 is 17.9 Å². The molecular weight excluding hydrogens is 312 g/mol. The van der Waals surface area contributed by atoms with Gasteiger partial charge in [0.25, 0.3) is 0 Å². The summed E-state index contributed by atoms with van der Waals surface area (Å²) in [4.78, 5) is 13.1. The third kappa shape index (κ3) is 3.45. The number of rotatable bonds is 4. The van der Waals surface area contributed by atoms with Gasteiger partial charge in [-0.05, 0) is 36.3 Å². The first-order valence-electron chi connectivity index (χ1n) is 7.02. The number of hydrogen-bond acceptors (Lipinski definition) is 5. The van der Waals surface area contributed by atoms with E-state index in [1.54, 1.807) is 11.3 Å².